The molecule has 3 aliphatic heterocycles. The summed E-state index contributed by atoms with van der Waals surface area (Å²) < 4.78 is 65.9. The molecule has 67 heavy (non-hydrogen) atoms. The SMILES string of the molecule is N#Cc1c(NS(=O)(=O)C2CCCC2)ccc(F)c1Oc1ccc2ncn(-c3cnc(N4CCN(C(=O)CN5CCC(c6ccc(N[C@H]7CCC(=O)NC7=O)cc6F)CC5)CC4)nc3)c(=O)c2c1. The summed E-state index contributed by atoms with van der Waals surface area (Å²) in [6, 6.07) is 12.7. The maximum atomic E-state index is 15.3. The van der Waals surface area contributed by atoms with Crippen molar-refractivity contribution in [3.05, 3.63) is 100 Å². The Morgan fingerprint density at radius 1 is 0.881 bits per heavy atom. The van der Waals surface area contributed by atoms with Crippen LogP contribution in [0.3, 0.4) is 0 Å². The summed E-state index contributed by atoms with van der Waals surface area (Å²) in [6.07, 6.45) is 8.82. The summed E-state index contributed by atoms with van der Waals surface area (Å²) in [6.45, 7) is 3.44. The maximum Gasteiger partial charge on any atom is 0.266 e. The molecule has 2 aromatic heterocycles. The predicted molar refractivity (Wildman–Crippen MR) is 242 cm³/mol. The highest BCUT2D eigenvalue weighted by Crippen LogP contribution is 2.36. The van der Waals surface area contributed by atoms with Crippen molar-refractivity contribution in [3.8, 4) is 23.3 Å². The Morgan fingerprint density at radius 2 is 1.63 bits per heavy atom. The van der Waals surface area contributed by atoms with Gasteiger partial charge in [0, 0.05) is 38.3 Å². The molecule has 0 spiro atoms. The number of halogens is 2. The third-order valence-electron chi connectivity index (χ3n) is 12.9. The number of hydrogen-bond donors (Lipinski definition) is 3. The molecular weight excluding hydrogens is 889 g/mol. The Morgan fingerprint density at radius 3 is 2.33 bits per heavy atom. The zero-order chi connectivity index (χ0) is 46.8. The van der Waals surface area contributed by atoms with E-state index < -0.39 is 44.3 Å². The van der Waals surface area contributed by atoms with E-state index in [-0.39, 0.29) is 58.9 Å². The Balaban J connectivity index is 0.780. The zero-order valence-corrected chi connectivity index (χ0v) is 37.1. The average molecular weight is 936 g/mol. The minimum atomic E-state index is -3.83. The largest absolute Gasteiger partial charge is 0.453 e. The highest BCUT2D eigenvalue weighted by Gasteiger charge is 2.32. The topological polar surface area (TPSA) is 225 Å². The van der Waals surface area contributed by atoms with Crippen molar-refractivity contribution in [1.82, 2.24) is 34.6 Å². The second kappa shape index (κ2) is 19.0. The van der Waals surface area contributed by atoms with E-state index in [0.717, 1.165) is 18.9 Å². The van der Waals surface area contributed by atoms with E-state index in [2.05, 4.69) is 35.2 Å². The van der Waals surface area contributed by atoms with Crippen molar-refractivity contribution >= 4 is 56.0 Å². The van der Waals surface area contributed by atoms with E-state index in [9.17, 15) is 32.9 Å². The molecule has 5 heterocycles. The van der Waals surface area contributed by atoms with Crippen LogP contribution in [-0.2, 0) is 24.4 Å². The minimum Gasteiger partial charge on any atom is -0.453 e. The number of nitriles is 1. The van der Waals surface area contributed by atoms with Crippen LogP contribution in [0, 0.1) is 23.0 Å². The molecule has 348 valence electrons. The Bertz CT molecular complexity index is 2950. The standard InChI is InChI=1S/C46H47F2N11O7S/c47-36-8-10-39(55-67(64,65)32-3-1-2-4-32)35(23-49)43(36)66-31-6-9-38-34(22-31)45(63)59(27-52-38)30-24-50-46(51-25-30)58-19-17-57(18-20-58)42(61)26-56-15-13-28(14-16-56)33-7-5-29(21-37(33)48)53-40-11-12-41(60)54-44(40)62/h5-10,21-22,24-25,27-28,32,40,53,55H,1-4,11-20,26H2,(H,54,60,62)/t40-/m0/s1. The van der Waals surface area contributed by atoms with Crippen molar-refractivity contribution in [1.29, 1.82) is 5.26 Å². The lowest BCUT2D eigenvalue weighted by atomic mass is 9.89. The van der Waals surface area contributed by atoms with E-state index in [0.29, 0.717) is 99.8 Å². The Hall–Kier alpha value is -7.05. The van der Waals surface area contributed by atoms with Crippen LogP contribution in [0.1, 0.15) is 68.4 Å². The number of piperidine rings is 2. The minimum absolute atomic E-state index is 0.00338. The molecule has 9 rings (SSSR count). The lowest BCUT2D eigenvalue weighted by Crippen LogP contribution is -2.52. The molecule has 1 saturated carbocycles. The molecule has 0 radical (unpaired) electrons. The molecule has 0 bridgehead atoms. The van der Waals surface area contributed by atoms with Gasteiger partial charge in [0.15, 0.2) is 11.6 Å². The van der Waals surface area contributed by atoms with E-state index in [4.69, 9.17) is 4.74 Å². The van der Waals surface area contributed by atoms with Gasteiger partial charge in [-0.05, 0) is 99.1 Å². The Labute approximate surface area is 384 Å². The van der Waals surface area contributed by atoms with Crippen molar-refractivity contribution in [2.75, 3.05) is 60.8 Å². The van der Waals surface area contributed by atoms with Gasteiger partial charge in [0.2, 0.25) is 33.7 Å². The lowest BCUT2D eigenvalue weighted by Gasteiger charge is -2.37. The number of nitrogens with one attached hydrogen (secondary N) is 3. The van der Waals surface area contributed by atoms with Gasteiger partial charge in [-0.25, -0.2) is 32.2 Å². The van der Waals surface area contributed by atoms with Gasteiger partial charge in [0.25, 0.3) is 5.56 Å². The van der Waals surface area contributed by atoms with Crippen molar-refractivity contribution in [2.24, 2.45) is 0 Å². The molecule has 3 aromatic carbocycles. The molecule has 18 nitrogen and oxygen atoms in total. The van der Waals surface area contributed by atoms with E-state index in [1.807, 2.05) is 15.9 Å². The number of carbonyl (C=O) groups is 3. The number of likely N-dealkylation sites (tertiary alicyclic amines) is 1. The fourth-order valence-electron chi connectivity index (χ4n) is 9.19. The number of piperazine rings is 1. The zero-order valence-electron chi connectivity index (χ0n) is 36.3. The monoisotopic (exact) mass is 935 g/mol. The number of aromatic nitrogens is 4. The number of carbonyl (C=O) groups excluding carboxylic acids is 3. The van der Waals surface area contributed by atoms with Gasteiger partial charge in [-0.15, -0.1) is 0 Å². The average Bonchev–Trinajstić information content (AvgIpc) is 3.89. The van der Waals surface area contributed by atoms with Crippen LogP contribution >= 0.6 is 0 Å². The van der Waals surface area contributed by atoms with Crippen LogP contribution in [0.15, 0.2) is 72.0 Å². The molecule has 0 unspecified atom stereocenters. The van der Waals surface area contributed by atoms with E-state index in [1.54, 1.807) is 12.1 Å². The first kappa shape index (κ1) is 45.1. The van der Waals surface area contributed by atoms with Crippen molar-refractivity contribution < 1.29 is 36.3 Å². The number of rotatable bonds is 12. The summed E-state index contributed by atoms with van der Waals surface area (Å²) in [5.41, 5.74) is 0.786. The second-order valence-electron chi connectivity index (χ2n) is 17.2. The third-order valence-corrected chi connectivity index (χ3v) is 14.8. The van der Waals surface area contributed by atoms with Gasteiger partial charge in [-0.2, -0.15) is 5.26 Å². The number of amides is 3. The molecule has 5 aromatic rings. The third kappa shape index (κ3) is 9.76. The van der Waals surface area contributed by atoms with Crippen LogP contribution in [-0.4, -0.2) is 113 Å². The number of benzene rings is 3. The smallest absolute Gasteiger partial charge is 0.266 e. The van der Waals surface area contributed by atoms with Gasteiger partial charge in [-0.1, -0.05) is 18.9 Å². The number of ether oxygens (including phenoxy) is 1. The molecular formula is C46H47F2N11O7S. The first-order valence-corrected chi connectivity index (χ1v) is 23.8. The van der Waals surface area contributed by atoms with Crippen molar-refractivity contribution in [2.45, 2.75) is 68.6 Å². The van der Waals surface area contributed by atoms with Gasteiger partial charge >= 0.3 is 0 Å². The second-order valence-corrected chi connectivity index (χ2v) is 19.2. The fraction of sp³-hybridized carbons (Fsp3) is 0.391. The summed E-state index contributed by atoms with van der Waals surface area (Å²) in [7, 11) is -3.83. The van der Waals surface area contributed by atoms with Crippen LogP contribution in [0.4, 0.5) is 26.1 Å². The highest BCUT2D eigenvalue weighted by molar-refractivity contribution is 7.93. The molecule has 4 fully saturated rings. The van der Waals surface area contributed by atoms with Gasteiger partial charge < -0.3 is 19.9 Å². The normalized spacial score (nSPS) is 18.7. The molecule has 1 aliphatic carbocycles. The number of hydrogen-bond acceptors (Lipinski definition) is 14. The highest BCUT2D eigenvalue weighted by atomic mass is 32.2. The first-order valence-electron chi connectivity index (χ1n) is 22.2. The van der Waals surface area contributed by atoms with E-state index >= 15 is 8.78 Å². The summed E-state index contributed by atoms with van der Waals surface area (Å²) in [5.74, 6) is -2.04. The van der Waals surface area contributed by atoms with Gasteiger partial charge in [0.1, 0.15) is 35.6 Å². The fourth-order valence-corrected chi connectivity index (χ4v) is 10.8. The van der Waals surface area contributed by atoms with E-state index in [1.165, 1.54) is 53.6 Å². The molecule has 3 N–H and O–H groups in total. The quantitative estimate of drug-likeness (QED) is 0.146. The maximum absolute atomic E-state index is 15.3. The molecule has 3 saturated heterocycles. The number of fused-ring (bicyclic) bond motifs is 1. The molecule has 4 aliphatic rings. The van der Waals surface area contributed by atoms with Gasteiger partial charge in [-0.3, -0.25) is 38.7 Å². The number of sulfonamides is 1. The first-order chi connectivity index (χ1) is 32.3. The number of nitrogens with zero attached hydrogens (tertiary/aromatic N) is 8. The van der Waals surface area contributed by atoms with Crippen molar-refractivity contribution in [3.63, 3.8) is 0 Å². The summed E-state index contributed by atoms with van der Waals surface area (Å²) >= 11 is 0. The number of anilines is 3. The predicted octanol–water partition coefficient (Wildman–Crippen LogP) is 4.55. The molecule has 21 heteroatoms. The van der Waals surface area contributed by atoms with Crippen LogP contribution < -0.4 is 30.6 Å². The van der Waals surface area contributed by atoms with Gasteiger partial charge in [0.05, 0.1) is 46.5 Å². The lowest BCUT2D eigenvalue weighted by molar-refractivity contribution is -0.134. The summed E-state index contributed by atoms with van der Waals surface area (Å²) in [5, 5.41) is 14.8. The van der Waals surface area contributed by atoms with Crippen LogP contribution in [0.25, 0.3) is 16.6 Å². The Kier molecular flexibility index (Phi) is 12.8. The molecule has 3 amide bonds. The van der Waals surface area contributed by atoms with Crippen LogP contribution in [0.2, 0.25) is 0 Å². The molecule has 1 atom stereocenters. The number of imide groups is 1. The summed E-state index contributed by atoms with van der Waals surface area (Å²) in [4.78, 5) is 70.0. The van der Waals surface area contributed by atoms with Crippen LogP contribution in [0.5, 0.6) is 11.5 Å².